The molecule has 0 aliphatic rings. The predicted octanol–water partition coefficient (Wildman–Crippen LogP) is 8.38. The Labute approximate surface area is 180 Å². The number of benzene rings is 2. The Balaban J connectivity index is 2.66. The van der Waals surface area contributed by atoms with Crippen LogP contribution in [0.2, 0.25) is 5.02 Å². The zero-order chi connectivity index (χ0) is 21.6. The summed E-state index contributed by atoms with van der Waals surface area (Å²) in [6, 6.07) is 14.0. The van der Waals surface area contributed by atoms with Crippen molar-refractivity contribution in [3.05, 3.63) is 119 Å². The SMILES string of the molecule is C=C/C=C(/C=C(\C(=C)C(C)=Nc1ccccc1C)c1cc(Cl)ccc1C)C(=C)C. The quantitative estimate of drug-likeness (QED) is 0.326. The van der Waals surface area contributed by atoms with E-state index in [1.165, 1.54) is 0 Å². The molecule has 0 bridgehead atoms. The Bertz CT molecular complexity index is 1050. The summed E-state index contributed by atoms with van der Waals surface area (Å²) < 4.78 is 0. The van der Waals surface area contributed by atoms with Crippen LogP contribution in [0, 0.1) is 13.8 Å². The molecule has 0 spiro atoms. The second-order valence-corrected chi connectivity index (χ2v) is 7.55. The summed E-state index contributed by atoms with van der Waals surface area (Å²) in [5.41, 5.74) is 8.80. The molecule has 0 N–H and O–H groups in total. The normalized spacial score (nSPS) is 12.7. The van der Waals surface area contributed by atoms with Crippen molar-refractivity contribution in [2.45, 2.75) is 27.7 Å². The highest BCUT2D eigenvalue weighted by atomic mass is 35.5. The third kappa shape index (κ3) is 5.79. The maximum Gasteiger partial charge on any atom is 0.0662 e. The van der Waals surface area contributed by atoms with E-state index < -0.39 is 0 Å². The van der Waals surface area contributed by atoms with Crippen LogP contribution in [-0.2, 0) is 0 Å². The van der Waals surface area contributed by atoms with E-state index in [9.17, 15) is 0 Å². The fourth-order valence-electron chi connectivity index (χ4n) is 2.94. The number of halogens is 1. The van der Waals surface area contributed by atoms with E-state index in [0.717, 1.165) is 50.4 Å². The zero-order valence-electron chi connectivity index (χ0n) is 17.7. The molecular weight excluding hydrogens is 374 g/mol. The van der Waals surface area contributed by atoms with Gasteiger partial charge in [0, 0.05) is 10.7 Å². The molecule has 29 heavy (non-hydrogen) atoms. The summed E-state index contributed by atoms with van der Waals surface area (Å²) in [6.07, 6.45) is 5.80. The van der Waals surface area contributed by atoms with Gasteiger partial charge in [-0.3, -0.25) is 4.99 Å². The van der Waals surface area contributed by atoms with E-state index in [-0.39, 0.29) is 0 Å². The van der Waals surface area contributed by atoms with E-state index in [1.807, 2.05) is 56.3 Å². The van der Waals surface area contributed by atoms with E-state index >= 15 is 0 Å². The van der Waals surface area contributed by atoms with Gasteiger partial charge in [-0.2, -0.15) is 0 Å². The van der Waals surface area contributed by atoms with Crippen LogP contribution in [0.25, 0.3) is 5.57 Å². The average molecular weight is 402 g/mol. The fraction of sp³-hybridized carbons (Fsp3) is 0.148. The van der Waals surface area contributed by atoms with Gasteiger partial charge in [0.1, 0.15) is 0 Å². The van der Waals surface area contributed by atoms with Gasteiger partial charge < -0.3 is 0 Å². The summed E-state index contributed by atoms with van der Waals surface area (Å²) in [5.74, 6) is 0. The molecular formula is C27H28ClN. The molecule has 1 nitrogen and oxygen atoms in total. The van der Waals surface area contributed by atoms with Crippen molar-refractivity contribution in [2.24, 2.45) is 4.99 Å². The molecule has 0 saturated carbocycles. The largest absolute Gasteiger partial charge is 0.253 e. The number of hydrogen-bond donors (Lipinski definition) is 0. The highest BCUT2D eigenvalue weighted by molar-refractivity contribution is 6.31. The Kier molecular flexibility index (Phi) is 7.75. The molecule has 148 valence electrons. The Morgan fingerprint density at radius 3 is 2.31 bits per heavy atom. The second-order valence-electron chi connectivity index (χ2n) is 7.12. The molecule has 0 aliphatic carbocycles. The van der Waals surface area contributed by atoms with Gasteiger partial charge >= 0.3 is 0 Å². The summed E-state index contributed by atoms with van der Waals surface area (Å²) in [7, 11) is 0. The van der Waals surface area contributed by atoms with Crippen LogP contribution >= 0.6 is 11.6 Å². The number of para-hydroxylation sites is 1. The van der Waals surface area contributed by atoms with Crippen molar-refractivity contribution in [2.75, 3.05) is 0 Å². The van der Waals surface area contributed by atoms with Crippen LogP contribution in [-0.4, -0.2) is 5.71 Å². The smallest absolute Gasteiger partial charge is 0.0662 e. The second kappa shape index (κ2) is 10.0. The average Bonchev–Trinajstić information content (AvgIpc) is 2.68. The molecule has 0 radical (unpaired) electrons. The molecule has 0 fully saturated rings. The molecule has 0 unspecified atom stereocenters. The first kappa shape index (κ1) is 22.4. The van der Waals surface area contributed by atoms with Crippen molar-refractivity contribution in [1.29, 1.82) is 0 Å². The van der Waals surface area contributed by atoms with Gasteiger partial charge in [-0.1, -0.05) is 73.3 Å². The van der Waals surface area contributed by atoms with Gasteiger partial charge in [0.05, 0.1) is 5.69 Å². The van der Waals surface area contributed by atoms with Crippen molar-refractivity contribution < 1.29 is 0 Å². The van der Waals surface area contributed by atoms with Crippen molar-refractivity contribution in [1.82, 2.24) is 0 Å². The maximum absolute atomic E-state index is 6.32. The summed E-state index contributed by atoms with van der Waals surface area (Å²) in [4.78, 5) is 4.84. The number of aliphatic imine (C=N–C) groups is 1. The molecule has 0 aliphatic heterocycles. The van der Waals surface area contributed by atoms with E-state index in [1.54, 1.807) is 6.08 Å². The first-order valence-electron chi connectivity index (χ1n) is 9.52. The molecule has 0 heterocycles. The maximum atomic E-state index is 6.32. The highest BCUT2D eigenvalue weighted by Gasteiger charge is 2.14. The zero-order valence-corrected chi connectivity index (χ0v) is 18.5. The minimum absolute atomic E-state index is 0.683. The van der Waals surface area contributed by atoms with Crippen LogP contribution < -0.4 is 0 Å². The van der Waals surface area contributed by atoms with Gasteiger partial charge in [0.15, 0.2) is 0 Å². The molecule has 0 amide bonds. The van der Waals surface area contributed by atoms with Gasteiger partial charge in [-0.05, 0) is 85.4 Å². The van der Waals surface area contributed by atoms with Crippen LogP contribution in [0.1, 0.15) is 30.5 Å². The van der Waals surface area contributed by atoms with Crippen LogP contribution in [0.15, 0.2) is 102 Å². The number of nitrogens with zero attached hydrogens (tertiary/aromatic N) is 1. The Morgan fingerprint density at radius 2 is 1.69 bits per heavy atom. The van der Waals surface area contributed by atoms with Crippen molar-refractivity contribution in [3.63, 3.8) is 0 Å². The van der Waals surface area contributed by atoms with E-state index in [0.29, 0.717) is 5.02 Å². The summed E-state index contributed by atoms with van der Waals surface area (Å²) in [6.45, 7) is 20.4. The lowest BCUT2D eigenvalue weighted by atomic mass is 9.90. The fourth-order valence-corrected chi connectivity index (χ4v) is 3.11. The van der Waals surface area contributed by atoms with Gasteiger partial charge in [0.2, 0.25) is 0 Å². The van der Waals surface area contributed by atoms with Gasteiger partial charge in [-0.25, -0.2) is 0 Å². The molecule has 0 aromatic heterocycles. The van der Waals surface area contributed by atoms with Crippen LogP contribution in [0.5, 0.6) is 0 Å². The number of hydrogen-bond acceptors (Lipinski definition) is 1. The first-order chi connectivity index (χ1) is 13.7. The first-order valence-corrected chi connectivity index (χ1v) is 9.89. The lowest BCUT2D eigenvalue weighted by Gasteiger charge is -2.16. The van der Waals surface area contributed by atoms with Gasteiger partial charge in [-0.15, -0.1) is 0 Å². The minimum atomic E-state index is 0.683. The molecule has 0 saturated heterocycles. The summed E-state index contributed by atoms with van der Waals surface area (Å²) in [5, 5.41) is 0.683. The van der Waals surface area contributed by atoms with Crippen LogP contribution in [0.3, 0.4) is 0 Å². The number of allylic oxidation sites excluding steroid dienone is 7. The Hall–Kier alpha value is -2.90. The van der Waals surface area contributed by atoms with Crippen molar-refractivity contribution >= 4 is 28.6 Å². The van der Waals surface area contributed by atoms with E-state index in [2.05, 4.69) is 45.7 Å². The monoisotopic (exact) mass is 401 g/mol. The van der Waals surface area contributed by atoms with E-state index in [4.69, 9.17) is 16.6 Å². The number of rotatable bonds is 7. The van der Waals surface area contributed by atoms with Crippen LogP contribution in [0.4, 0.5) is 5.69 Å². The van der Waals surface area contributed by atoms with Gasteiger partial charge in [0.25, 0.3) is 0 Å². The lowest BCUT2D eigenvalue weighted by Crippen LogP contribution is -2.02. The molecule has 2 rings (SSSR count). The summed E-state index contributed by atoms with van der Waals surface area (Å²) >= 11 is 6.32. The standard InChI is InChI=1S/C27H28ClN/c1-8-11-23(18(2)3)16-26(25-17-24(28)15-14-19(25)4)21(6)22(7)29-27-13-10-9-12-20(27)5/h8-17H,1-2,6H2,3-5,7H3/b23-11-,26-16+,29-22?. The third-order valence-corrected chi connectivity index (χ3v) is 4.98. The third-order valence-electron chi connectivity index (χ3n) is 4.75. The minimum Gasteiger partial charge on any atom is -0.253 e. The Morgan fingerprint density at radius 1 is 1.00 bits per heavy atom. The molecule has 2 heteroatoms. The highest BCUT2D eigenvalue weighted by Crippen LogP contribution is 2.32. The topological polar surface area (TPSA) is 12.4 Å². The molecule has 2 aromatic rings. The molecule has 0 atom stereocenters. The lowest BCUT2D eigenvalue weighted by molar-refractivity contribution is 1.38. The van der Waals surface area contributed by atoms with Crippen molar-refractivity contribution in [3.8, 4) is 0 Å². The predicted molar refractivity (Wildman–Crippen MR) is 130 cm³/mol. The molecule has 2 aromatic carbocycles. The number of aryl methyl sites for hydroxylation is 2.